The minimum absolute atomic E-state index is 0.00428. The summed E-state index contributed by atoms with van der Waals surface area (Å²) in [6, 6.07) is 17.9. The lowest BCUT2D eigenvalue weighted by Gasteiger charge is -2.09. The predicted octanol–water partition coefficient (Wildman–Crippen LogP) is 4.13. The standard InChI is InChI=1S/C19H17ClN4OS/c1-25-15-9-7-14(8-10-15)16(20)12-18-23-24-17(21-22-19(24)26-18)11-13-5-3-2-4-6-13/h2-10,12,18,23H,11H2,1H3/b16-12-. The molecule has 0 bridgehead atoms. The number of hydrogen-bond donors (Lipinski definition) is 1. The van der Waals surface area contributed by atoms with Crippen LogP contribution in [0.3, 0.4) is 0 Å². The van der Waals surface area contributed by atoms with E-state index >= 15 is 0 Å². The molecule has 0 saturated carbocycles. The zero-order valence-electron chi connectivity index (χ0n) is 14.1. The smallest absolute Gasteiger partial charge is 0.212 e. The van der Waals surface area contributed by atoms with Gasteiger partial charge in [-0.2, -0.15) is 0 Å². The fraction of sp³-hybridized carbons (Fsp3) is 0.158. The number of benzene rings is 2. The Morgan fingerprint density at radius 2 is 1.96 bits per heavy atom. The van der Waals surface area contributed by atoms with Gasteiger partial charge in [-0.3, -0.25) is 0 Å². The maximum atomic E-state index is 6.48. The fourth-order valence-electron chi connectivity index (χ4n) is 2.72. The van der Waals surface area contributed by atoms with Crippen molar-refractivity contribution in [1.82, 2.24) is 14.9 Å². The lowest BCUT2D eigenvalue weighted by molar-refractivity contribution is 0.415. The third kappa shape index (κ3) is 3.57. The zero-order chi connectivity index (χ0) is 17.9. The van der Waals surface area contributed by atoms with Gasteiger partial charge in [-0.05, 0) is 41.5 Å². The molecule has 0 saturated heterocycles. The van der Waals surface area contributed by atoms with E-state index in [0.29, 0.717) is 5.03 Å². The molecule has 5 nitrogen and oxygen atoms in total. The fourth-order valence-corrected chi connectivity index (χ4v) is 3.98. The van der Waals surface area contributed by atoms with Crippen molar-refractivity contribution in [1.29, 1.82) is 0 Å². The number of aromatic nitrogens is 3. The predicted molar refractivity (Wildman–Crippen MR) is 105 cm³/mol. The van der Waals surface area contributed by atoms with Crippen LogP contribution in [0, 0.1) is 0 Å². The van der Waals surface area contributed by atoms with Gasteiger partial charge in [0.1, 0.15) is 11.1 Å². The van der Waals surface area contributed by atoms with Gasteiger partial charge in [-0.1, -0.05) is 53.7 Å². The molecule has 0 spiro atoms. The van der Waals surface area contributed by atoms with Crippen LogP contribution in [0.4, 0.5) is 0 Å². The molecule has 2 aromatic carbocycles. The molecule has 0 aliphatic carbocycles. The summed E-state index contributed by atoms with van der Waals surface area (Å²) in [5, 5.41) is 10.1. The lowest BCUT2D eigenvalue weighted by Crippen LogP contribution is -2.19. The van der Waals surface area contributed by atoms with Crippen LogP contribution in [0.2, 0.25) is 0 Å². The summed E-state index contributed by atoms with van der Waals surface area (Å²) in [5.74, 6) is 1.69. The normalized spacial score (nSPS) is 16.2. The van der Waals surface area contributed by atoms with E-state index in [9.17, 15) is 0 Å². The molecule has 0 fully saturated rings. The van der Waals surface area contributed by atoms with Crippen LogP contribution in [0.15, 0.2) is 65.8 Å². The topological polar surface area (TPSA) is 52.0 Å². The molecule has 4 rings (SSSR count). The maximum Gasteiger partial charge on any atom is 0.212 e. The first kappa shape index (κ1) is 17.0. The minimum Gasteiger partial charge on any atom is -0.497 e. The van der Waals surface area contributed by atoms with Gasteiger partial charge in [-0.25, -0.2) is 4.68 Å². The van der Waals surface area contributed by atoms with Crippen LogP contribution >= 0.6 is 23.4 Å². The van der Waals surface area contributed by atoms with Gasteiger partial charge in [0.05, 0.1) is 7.11 Å². The highest BCUT2D eigenvalue weighted by molar-refractivity contribution is 8.00. The van der Waals surface area contributed by atoms with Crippen LogP contribution in [-0.2, 0) is 6.42 Å². The van der Waals surface area contributed by atoms with Crippen molar-refractivity contribution >= 4 is 28.4 Å². The molecule has 0 radical (unpaired) electrons. The average molecular weight is 385 g/mol. The van der Waals surface area contributed by atoms with Crippen LogP contribution in [0.1, 0.15) is 17.0 Å². The Labute approximate surface area is 161 Å². The molecule has 1 atom stereocenters. The third-order valence-electron chi connectivity index (χ3n) is 4.06. The summed E-state index contributed by atoms with van der Waals surface area (Å²) in [7, 11) is 1.65. The average Bonchev–Trinajstić information content (AvgIpc) is 3.24. The van der Waals surface area contributed by atoms with Crippen molar-refractivity contribution in [3.63, 3.8) is 0 Å². The molecule has 0 amide bonds. The summed E-state index contributed by atoms with van der Waals surface area (Å²) >= 11 is 8.07. The Hall–Kier alpha value is -2.44. The van der Waals surface area contributed by atoms with Crippen LogP contribution in [0.25, 0.3) is 5.03 Å². The number of thioether (sulfide) groups is 1. The van der Waals surface area contributed by atoms with Crippen molar-refractivity contribution in [2.24, 2.45) is 0 Å². The summed E-state index contributed by atoms with van der Waals surface area (Å²) < 4.78 is 7.12. The molecule has 1 aliphatic rings. The summed E-state index contributed by atoms with van der Waals surface area (Å²) in [6.07, 6.45) is 2.71. The SMILES string of the molecule is COc1ccc(/C(Cl)=C/C2Nn3c(Cc4ccccc4)nnc3S2)cc1. The molecule has 7 heteroatoms. The van der Waals surface area contributed by atoms with E-state index < -0.39 is 0 Å². The number of fused-ring (bicyclic) bond motifs is 1. The van der Waals surface area contributed by atoms with Gasteiger partial charge in [0.15, 0.2) is 5.82 Å². The monoisotopic (exact) mass is 384 g/mol. The van der Waals surface area contributed by atoms with Gasteiger partial charge in [0, 0.05) is 11.5 Å². The highest BCUT2D eigenvalue weighted by atomic mass is 35.5. The van der Waals surface area contributed by atoms with E-state index in [1.165, 1.54) is 5.56 Å². The third-order valence-corrected chi connectivity index (χ3v) is 5.37. The van der Waals surface area contributed by atoms with Gasteiger partial charge < -0.3 is 10.2 Å². The first-order chi connectivity index (χ1) is 12.7. The van der Waals surface area contributed by atoms with Gasteiger partial charge in [0.2, 0.25) is 5.16 Å². The molecule has 1 unspecified atom stereocenters. The Morgan fingerprint density at radius 1 is 1.19 bits per heavy atom. The quantitative estimate of drug-likeness (QED) is 0.716. The van der Waals surface area contributed by atoms with Crippen LogP contribution < -0.4 is 10.2 Å². The Kier molecular flexibility index (Phi) is 4.86. The minimum atomic E-state index is 0.00428. The van der Waals surface area contributed by atoms with Crippen molar-refractivity contribution in [3.05, 3.63) is 77.6 Å². The number of hydrogen-bond acceptors (Lipinski definition) is 5. The largest absolute Gasteiger partial charge is 0.497 e. The molecule has 26 heavy (non-hydrogen) atoms. The van der Waals surface area contributed by atoms with Crippen LogP contribution in [-0.4, -0.2) is 27.4 Å². The molecule has 1 aliphatic heterocycles. The van der Waals surface area contributed by atoms with Gasteiger partial charge >= 0.3 is 0 Å². The van der Waals surface area contributed by atoms with Crippen LogP contribution in [0.5, 0.6) is 5.75 Å². The molecule has 3 aromatic rings. The van der Waals surface area contributed by atoms with Gasteiger partial charge in [0.25, 0.3) is 0 Å². The highest BCUT2D eigenvalue weighted by Crippen LogP contribution is 2.32. The number of nitrogens with one attached hydrogen (secondary N) is 1. The number of nitrogens with zero attached hydrogens (tertiary/aromatic N) is 3. The van der Waals surface area contributed by atoms with Crippen molar-refractivity contribution in [3.8, 4) is 5.75 Å². The maximum absolute atomic E-state index is 6.48. The Morgan fingerprint density at radius 3 is 2.69 bits per heavy atom. The summed E-state index contributed by atoms with van der Waals surface area (Å²) in [6.45, 7) is 0. The number of ether oxygens (including phenoxy) is 1. The van der Waals surface area contributed by atoms with Gasteiger partial charge in [-0.15, -0.1) is 10.2 Å². The molecular formula is C19H17ClN4OS. The summed E-state index contributed by atoms with van der Waals surface area (Å²) in [4.78, 5) is 0. The Bertz CT molecular complexity index is 924. The van der Waals surface area contributed by atoms with Crippen molar-refractivity contribution in [2.75, 3.05) is 12.5 Å². The number of methoxy groups -OCH3 is 1. The molecular weight excluding hydrogens is 368 g/mol. The molecule has 1 aromatic heterocycles. The molecule has 132 valence electrons. The molecule has 2 heterocycles. The van der Waals surface area contributed by atoms with Crippen molar-refractivity contribution < 1.29 is 4.74 Å². The Balaban J connectivity index is 1.48. The first-order valence-electron chi connectivity index (χ1n) is 8.16. The molecule has 1 N–H and O–H groups in total. The number of rotatable bonds is 5. The van der Waals surface area contributed by atoms with E-state index in [-0.39, 0.29) is 5.37 Å². The lowest BCUT2D eigenvalue weighted by atomic mass is 10.1. The van der Waals surface area contributed by atoms with E-state index in [2.05, 4.69) is 27.8 Å². The van der Waals surface area contributed by atoms with E-state index in [1.54, 1.807) is 18.9 Å². The van der Waals surface area contributed by atoms with E-state index in [1.807, 2.05) is 53.2 Å². The number of halogens is 1. The summed E-state index contributed by atoms with van der Waals surface area (Å²) in [5.41, 5.74) is 5.54. The van der Waals surface area contributed by atoms with E-state index in [0.717, 1.165) is 28.7 Å². The van der Waals surface area contributed by atoms with Crippen molar-refractivity contribution in [2.45, 2.75) is 17.0 Å². The second-order valence-electron chi connectivity index (χ2n) is 5.81. The van der Waals surface area contributed by atoms with E-state index in [4.69, 9.17) is 16.3 Å². The zero-order valence-corrected chi connectivity index (χ0v) is 15.7. The highest BCUT2D eigenvalue weighted by Gasteiger charge is 2.25. The first-order valence-corrected chi connectivity index (χ1v) is 9.42. The second kappa shape index (κ2) is 7.43. The second-order valence-corrected chi connectivity index (χ2v) is 7.32.